The van der Waals surface area contributed by atoms with E-state index in [4.69, 9.17) is 0 Å². The van der Waals surface area contributed by atoms with Crippen LogP contribution >= 0.6 is 0 Å². The normalized spacial score (nSPS) is 15.2. The molecule has 2 amide bonds. The third-order valence-electron chi connectivity index (χ3n) is 6.66. The molecule has 2 aliphatic rings. The van der Waals surface area contributed by atoms with E-state index in [1.165, 1.54) is 16.4 Å². The zero-order valence-corrected chi connectivity index (χ0v) is 20.3. The zero-order chi connectivity index (χ0) is 24.6. The molecule has 3 aromatic carbocycles. The van der Waals surface area contributed by atoms with E-state index in [9.17, 15) is 18.0 Å². The highest BCUT2D eigenvalue weighted by Crippen LogP contribution is 2.33. The second-order valence-electron chi connectivity index (χ2n) is 8.93. The van der Waals surface area contributed by atoms with Crippen LogP contribution < -0.4 is 9.62 Å². The minimum absolute atomic E-state index is 0.0556. The maximum absolute atomic E-state index is 13.4. The van der Waals surface area contributed by atoms with Crippen LogP contribution in [-0.2, 0) is 16.4 Å². The quantitative estimate of drug-likeness (QED) is 0.581. The first-order valence-corrected chi connectivity index (χ1v) is 13.2. The van der Waals surface area contributed by atoms with Gasteiger partial charge in [0.2, 0.25) is 0 Å². The highest BCUT2D eigenvalue weighted by Gasteiger charge is 2.31. The molecule has 0 radical (unpaired) electrons. The maximum atomic E-state index is 13.4. The molecule has 180 valence electrons. The number of aryl methyl sites for hydroxylation is 1. The van der Waals surface area contributed by atoms with Gasteiger partial charge in [0.25, 0.3) is 21.8 Å². The number of carbonyl (C=O) groups excluding carboxylic acids is 2. The summed E-state index contributed by atoms with van der Waals surface area (Å²) < 4.78 is 28.2. The van der Waals surface area contributed by atoms with Crippen LogP contribution in [0.15, 0.2) is 71.6 Å². The molecule has 0 aromatic heterocycles. The van der Waals surface area contributed by atoms with E-state index in [0.717, 1.165) is 24.0 Å². The molecule has 0 saturated carbocycles. The van der Waals surface area contributed by atoms with Gasteiger partial charge in [-0.2, -0.15) is 0 Å². The van der Waals surface area contributed by atoms with Crippen molar-refractivity contribution in [2.24, 2.45) is 0 Å². The van der Waals surface area contributed by atoms with Gasteiger partial charge in [0.1, 0.15) is 0 Å². The van der Waals surface area contributed by atoms with E-state index in [1.54, 1.807) is 35.2 Å². The van der Waals surface area contributed by atoms with Crippen molar-refractivity contribution >= 4 is 33.2 Å². The first-order valence-electron chi connectivity index (χ1n) is 11.8. The van der Waals surface area contributed by atoms with Crippen molar-refractivity contribution in [2.45, 2.75) is 31.1 Å². The summed E-state index contributed by atoms with van der Waals surface area (Å²) in [5.74, 6) is -0.570. The van der Waals surface area contributed by atoms with E-state index in [2.05, 4.69) is 5.32 Å². The van der Waals surface area contributed by atoms with Crippen LogP contribution in [0.3, 0.4) is 0 Å². The average molecular weight is 490 g/mol. The highest BCUT2D eigenvalue weighted by atomic mass is 32.2. The Bertz CT molecular complexity index is 1410. The van der Waals surface area contributed by atoms with Crippen molar-refractivity contribution in [3.63, 3.8) is 0 Å². The number of anilines is 2. The topological polar surface area (TPSA) is 86.8 Å². The van der Waals surface area contributed by atoms with Gasteiger partial charge in [0, 0.05) is 25.2 Å². The molecule has 0 unspecified atom stereocenters. The Kier molecular flexibility index (Phi) is 6.06. The van der Waals surface area contributed by atoms with E-state index in [1.807, 2.05) is 31.2 Å². The zero-order valence-electron chi connectivity index (χ0n) is 19.5. The molecule has 0 spiro atoms. The third-order valence-corrected chi connectivity index (χ3v) is 8.47. The number of carbonyl (C=O) groups is 2. The Balaban J connectivity index is 1.42. The van der Waals surface area contributed by atoms with Crippen molar-refractivity contribution < 1.29 is 18.0 Å². The predicted molar refractivity (Wildman–Crippen MR) is 135 cm³/mol. The molecule has 0 aliphatic carbocycles. The molecule has 1 N–H and O–H groups in total. The Labute approximate surface area is 205 Å². The van der Waals surface area contributed by atoms with Gasteiger partial charge in [-0.05, 0) is 67.6 Å². The Morgan fingerprint density at radius 3 is 2.43 bits per heavy atom. The summed E-state index contributed by atoms with van der Waals surface area (Å²) in [4.78, 5) is 28.1. The fraction of sp³-hybridized carbons (Fsp3) is 0.259. The minimum atomic E-state index is -3.83. The number of sulfonamides is 1. The minimum Gasteiger partial charge on any atom is -0.339 e. The first-order chi connectivity index (χ1) is 16.9. The van der Waals surface area contributed by atoms with Crippen molar-refractivity contribution in [1.82, 2.24) is 4.90 Å². The van der Waals surface area contributed by atoms with Gasteiger partial charge >= 0.3 is 0 Å². The monoisotopic (exact) mass is 489 g/mol. The lowest BCUT2D eigenvalue weighted by Gasteiger charge is -2.20. The number of nitrogens with one attached hydrogen (secondary N) is 1. The van der Waals surface area contributed by atoms with Crippen LogP contribution in [0.1, 0.15) is 44.7 Å². The Morgan fingerprint density at radius 2 is 1.63 bits per heavy atom. The SMILES string of the molecule is Cc1cccc(C(=O)N2CCCC2)c1NC(=O)c1cccc(S(=O)(=O)N2CCc3ccccc32)c1. The van der Waals surface area contributed by atoms with Crippen molar-refractivity contribution in [2.75, 3.05) is 29.3 Å². The molecule has 2 aliphatic heterocycles. The molecular formula is C27H27N3O4S. The number of likely N-dealkylation sites (tertiary alicyclic amines) is 1. The van der Waals surface area contributed by atoms with Gasteiger partial charge in [-0.3, -0.25) is 13.9 Å². The number of amides is 2. The Hall–Kier alpha value is -3.65. The standard InChI is InChI=1S/C27H27N3O4S/c1-19-8-6-12-23(27(32)29-15-4-5-16-29)25(19)28-26(31)21-10-7-11-22(18-21)35(33,34)30-17-14-20-9-2-3-13-24(20)30/h2-3,6-13,18H,4-5,14-17H2,1H3,(H,28,31). The second-order valence-corrected chi connectivity index (χ2v) is 10.8. The van der Waals surface area contributed by atoms with Crippen LogP contribution in [0.25, 0.3) is 0 Å². The van der Waals surface area contributed by atoms with Crippen molar-refractivity contribution in [1.29, 1.82) is 0 Å². The van der Waals surface area contributed by atoms with E-state index < -0.39 is 15.9 Å². The third kappa shape index (κ3) is 4.30. The molecule has 1 fully saturated rings. The number of nitrogens with zero attached hydrogens (tertiary/aromatic N) is 2. The number of para-hydroxylation sites is 2. The van der Waals surface area contributed by atoms with Crippen LogP contribution in [0.2, 0.25) is 0 Å². The summed E-state index contributed by atoms with van der Waals surface area (Å²) in [7, 11) is -3.83. The summed E-state index contributed by atoms with van der Waals surface area (Å²) in [6.45, 7) is 3.62. The molecule has 35 heavy (non-hydrogen) atoms. The van der Waals surface area contributed by atoms with Crippen molar-refractivity contribution in [3.8, 4) is 0 Å². The van der Waals surface area contributed by atoms with Crippen LogP contribution in [0, 0.1) is 6.92 Å². The van der Waals surface area contributed by atoms with E-state index >= 15 is 0 Å². The molecule has 0 bridgehead atoms. The molecule has 5 rings (SSSR count). The maximum Gasteiger partial charge on any atom is 0.264 e. The summed E-state index contributed by atoms with van der Waals surface area (Å²) in [5, 5.41) is 2.87. The molecule has 0 atom stereocenters. The van der Waals surface area contributed by atoms with Gasteiger partial charge in [0.05, 0.1) is 21.8 Å². The van der Waals surface area contributed by atoms with E-state index in [0.29, 0.717) is 43.0 Å². The average Bonchev–Trinajstić information content (AvgIpc) is 3.55. The summed E-state index contributed by atoms with van der Waals surface area (Å²) >= 11 is 0. The van der Waals surface area contributed by atoms with Crippen LogP contribution in [-0.4, -0.2) is 44.8 Å². The van der Waals surface area contributed by atoms with Gasteiger partial charge < -0.3 is 10.2 Å². The molecule has 7 nitrogen and oxygen atoms in total. The van der Waals surface area contributed by atoms with Crippen LogP contribution in [0.4, 0.5) is 11.4 Å². The summed E-state index contributed by atoms with van der Waals surface area (Å²) in [6, 6.07) is 18.8. The van der Waals surface area contributed by atoms with Gasteiger partial charge in [-0.15, -0.1) is 0 Å². The smallest absolute Gasteiger partial charge is 0.264 e. The number of hydrogen-bond acceptors (Lipinski definition) is 4. The fourth-order valence-corrected chi connectivity index (χ4v) is 6.32. The lowest BCUT2D eigenvalue weighted by molar-refractivity contribution is 0.0793. The van der Waals surface area contributed by atoms with Gasteiger partial charge in [0.15, 0.2) is 0 Å². The number of benzene rings is 3. The molecule has 8 heteroatoms. The first kappa shape index (κ1) is 23.1. The second kappa shape index (κ2) is 9.19. The molecular weight excluding hydrogens is 462 g/mol. The van der Waals surface area contributed by atoms with Gasteiger partial charge in [-0.25, -0.2) is 8.42 Å². The molecule has 1 saturated heterocycles. The largest absolute Gasteiger partial charge is 0.339 e. The summed E-state index contributed by atoms with van der Waals surface area (Å²) in [6.07, 6.45) is 2.60. The highest BCUT2D eigenvalue weighted by molar-refractivity contribution is 7.92. The summed E-state index contributed by atoms with van der Waals surface area (Å²) in [5.41, 5.74) is 3.53. The molecule has 3 aromatic rings. The van der Waals surface area contributed by atoms with Crippen molar-refractivity contribution in [3.05, 3.63) is 89.0 Å². The number of fused-ring (bicyclic) bond motifs is 1. The lowest BCUT2D eigenvalue weighted by Crippen LogP contribution is -2.29. The predicted octanol–water partition coefficient (Wildman–Crippen LogP) is 4.23. The van der Waals surface area contributed by atoms with E-state index in [-0.39, 0.29) is 16.4 Å². The fourth-order valence-electron chi connectivity index (χ4n) is 4.77. The lowest BCUT2D eigenvalue weighted by atomic mass is 10.1. The van der Waals surface area contributed by atoms with Gasteiger partial charge in [-0.1, -0.05) is 36.4 Å². The number of rotatable bonds is 5. The Morgan fingerprint density at radius 1 is 0.886 bits per heavy atom. The number of hydrogen-bond donors (Lipinski definition) is 1. The molecule has 2 heterocycles. The van der Waals surface area contributed by atoms with Crippen LogP contribution in [0.5, 0.6) is 0 Å².